The minimum atomic E-state index is -0.775. The van der Waals surface area contributed by atoms with Gasteiger partial charge in [0.25, 0.3) is 5.91 Å². The highest BCUT2D eigenvalue weighted by Gasteiger charge is 2.27. The molecular formula is C23H28N2O4S2. The van der Waals surface area contributed by atoms with Gasteiger partial charge in [0.15, 0.2) is 0 Å². The van der Waals surface area contributed by atoms with Crippen molar-refractivity contribution in [3.63, 3.8) is 0 Å². The van der Waals surface area contributed by atoms with Gasteiger partial charge in [-0.25, -0.2) is 4.79 Å². The molecule has 1 aromatic heterocycles. The van der Waals surface area contributed by atoms with Gasteiger partial charge in [0.05, 0.1) is 18.6 Å². The number of rotatable bonds is 7. The second kappa shape index (κ2) is 11.3. The topological polar surface area (TPSA) is 84.5 Å². The van der Waals surface area contributed by atoms with E-state index in [0.717, 1.165) is 53.9 Å². The third kappa shape index (κ3) is 6.33. The number of hydrogen-bond acceptors (Lipinski definition) is 6. The van der Waals surface area contributed by atoms with Gasteiger partial charge in [-0.2, -0.15) is 0 Å². The average Bonchev–Trinajstić information content (AvgIpc) is 2.90. The molecule has 3 amide bonds. The third-order valence-electron chi connectivity index (χ3n) is 4.99. The van der Waals surface area contributed by atoms with Crippen molar-refractivity contribution in [2.75, 3.05) is 17.7 Å². The molecule has 1 aliphatic rings. The number of amides is 3. The number of aryl methyl sites for hydroxylation is 1. The standard InChI is InChI=1S/C23H28N2O4S2/c1-3-29-23(28)25-21(27)20-17-8-6-5-7-9-18(17)31-22(20)24-19(26)14-15-10-12-16(13-11-15)30-4-2/h10-13H,3-9,14H2,1-2H3,(H,24,26)(H,25,27,28). The third-order valence-corrected chi connectivity index (χ3v) is 7.09. The van der Waals surface area contributed by atoms with Crippen LogP contribution in [0.1, 0.15) is 59.5 Å². The number of anilines is 1. The molecule has 2 aromatic rings. The van der Waals surface area contributed by atoms with Crippen LogP contribution < -0.4 is 10.6 Å². The van der Waals surface area contributed by atoms with Gasteiger partial charge in [-0.15, -0.1) is 23.1 Å². The predicted octanol–water partition coefficient (Wildman–Crippen LogP) is 5.20. The van der Waals surface area contributed by atoms with E-state index in [4.69, 9.17) is 4.74 Å². The molecule has 8 heteroatoms. The first-order valence-corrected chi connectivity index (χ1v) is 12.5. The van der Waals surface area contributed by atoms with E-state index in [0.29, 0.717) is 10.6 Å². The summed E-state index contributed by atoms with van der Waals surface area (Å²) in [5.74, 6) is 0.297. The van der Waals surface area contributed by atoms with Crippen molar-refractivity contribution in [1.82, 2.24) is 5.32 Å². The maximum Gasteiger partial charge on any atom is 0.414 e. The summed E-state index contributed by atoms with van der Waals surface area (Å²) in [6.07, 6.45) is 4.24. The number of thioether (sulfide) groups is 1. The molecule has 1 aliphatic carbocycles. The van der Waals surface area contributed by atoms with Gasteiger partial charge in [0.1, 0.15) is 5.00 Å². The van der Waals surface area contributed by atoms with E-state index >= 15 is 0 Å². The Morgan fingerprint density at radius 3 is 2.52 bits per heavy atom. The number of alkyl carbamates (subject to hydrolysis) is 1. The molecule has 0 aliphatic heterocycles. The van der Waals surface area contributed by atoms with Crippen LogP contribution in [-0.2, 0) is 28.8 Å². The second-order valence-electron chi connectivity index (χ2n) is 7.25. The number of carbonyl (C=O) groups excluding carboxylic acids is 3. The van der Waals surface area contributed by atoms with E-state index in [1.807, 2.05) is 24.3 Å². The van der Waals surface area contributed by atoms with E-state index < -0.39 is 12.0 Å². The van der Waals surface area contributed by atoms with E-state index in [-0.39, 0.29) is 18.9 Å². The number of hydrogen-bond donors (Lipinski definition) is 2. The molecule has 1 heterocycles. The largest absolute Gasteiger partial charge is 0.450 e. The number of carbonyl (C=O) groups is 3. The SMILES string of the molecule is CCOC(=O)NC(=O)c1c(NC(=O)Cc2ccc(SCC)cc2)sc2c1CCCCC2. The van der Waals surface area contributed by atoms with Crippen LogP contribution in [0.3, 0.4) is 0 Å². The van der Waals surface area contributed by atoms with E-state index in [1.165, 1.54) is 16.2 Å². The molecule has 166 valence electrons. The molecule has 2 N–H and O–H groups in total. The van der Waals surface area contributed by atoms with Crippen LogP contribution in [0, 0.1) is 0 Å². The highest BCUT2D eigenvalue weighted by molar-refractivity contribution is 7.99. The maximum absolute atomic E-state index is 12.9. The summed E-state index contributed by atoms with van der Waals surface area (Å²) < 4.78 is 4.85. The molecule has 0 saturated carbocycles. The molecule has 0 saturated heterocycles. The Kier molecular flexibility index (Phi) is 8.54. The second-order valence-corrected chi connectivity index (χ2v) is 9.69. The smallest absolute Gasteiger partial charge is 0.414 e. The van der Waals surface area contributed by atoms with Gasteiger partial charge in [-0.1, -0.05) is 25.5 Å². The van der Waals surface area contributed by atoms with Crippen LogP contribution in [0.5, 0.6) is 0 Å². The summed E-state index contributed by atoms with van der Waals surface area (Å²) in [4.78, 5) is 39.7. The van der Waals surface area contributed by atoms with Crippen LogP contribution in [-0.4, -0.2) is 30.3 Å². The first kappa shape index (κ1) is 23.3. The molecule has 1 aromatic carbocycles. The Hall–Kier alpha value is -2.32. The Morgan fingerprint density at radius 2 is 1.81 bits per heavy atom. The lowest BCUT2D eigenvalue weighted by atomic mass is 10.0. The normalized spacial score (nSPS) is 13.1. The maximum atomic E-state index is 12.9. The zero-order valence-electron chi connectivity index (χ0n) is 17.9. The van der Waals surface area contributed by atoms with Crippen LogP contribution in [0.2, 0.25) is 0 Å². The zero-order valence-corrected chi connectivity index (χ0v) is 19.5. The number of ether oxygens (including phenoxy) is 1. The van der Waals surface area contributed by atoms with E-state index in [2.05, 4.69) is 17.6 Å². The first-order chi connectivity index (χ1) is 15.0. The van der Waals surface area contributed by atoms with Gasteiger partial charge in [-0.3, -0.25) is 14.9 Å². The van der Waals surface area contributed by atoms with Gasteiger partial charge >= 0.3 is 6.09 Å². The van der Waals surface area contributed by atoms with Crippen molar-refractivity contribution in [2.24, 2.45) is 0 Å². The number of nitrogens with one attached hydrogen (secondary N) is 2. The Bertz CT molecular complexity index is 938. The Morgan fingerprint density at radius 1 is 1.06 bits per heavy atom. The molecule has 0 atom stereocenters. The summed E-state index contributed by atoms with van der Waals surface area (Å²) in [5.41, 5.74) is 2.26. The van der Waals surface area contributed by atoms with Gasteiger partial charge in [0, 0.05) is 9.77 Å². The van der Waals surface area contributed by atoms with Gasteiger partial charge < -0.3 is 10.1 Å². The van der Waals surface area contributed by atoms with Crippen molar-refractivity contribution in [3.8, 4) is 0 Å². The summed E-state index contributed by atoms with van der Waals surface area (Å²) in [6, 6.07) is 7.94. The number of imide groups is 1. The van der Waals surface area contributed by atoms with E-state index in [9.17, 15) is 14.4 Å². The van der Waals surface area contributed by atoms with Crippen molar-refractivity contribution in [1.29, 1.82) is 0 Å². The summed E-state index contributed by atoms with van der Waals surface area (Å²) in [5, 5.41) is 5.72. The molecular weight excluding hydrogens is 432 g/mol. The van der Waals surface area contributed by atoms with Crippen molar-refractivity contribution in [2.45, 2.75) is 57.3 Å². The molecule has 0 spiro atoms. The molecule has 0 unspecified atom stereocenters. The lowest BCUT2D eigenvalue weighted by Crippen LogP contribution is -2.32. The van der Waals surface area contributed by atoms with Gasteiger partial charge in [-0.05, 0) is 61.6 Å². The molecule has 3 rings (SSSR count). The van der Waals surface area contributed by atoms with Crippen LogP contribution in [0.25, 0.3) is 0 Å². The average molecular weight is 461 g/mol. The molecule has 0 bridgehead atoms. The number of benzene rings is 1. The summed E-state index contributed by atoms with van der Waals surface area (Å²) >= 11 is 3.20. The lowest BCUT2D eigenvalue weighted by molar-refractivity contribution is -0.115. The van der Waals surface area contributed by atoms with Crippen LogP contribution >= 0.6 is 23.1 Å². The Balaban J connectivity index is 1.78. The van der Waals surface area contributed by atoms with Gasteiger partial charge in [0.2, 0.25) is 5.91 Å². The zero-order chi connectivity index (χ0) is 22.2. The molecule has 0 fully saturated rings. The summed E-state index contributed by atoms with van der Waals surface area (Å²) in [6.45, 7) is 3.96. The Labute approximate surface area is 191 Å². The monoisotopic (exact) mass is 460 g/mol. The number of fused-ring (bicyclic) bond motifs is 1. The highest BCUT2D eigenvalue weighted by Crippen LogP contribution is 2.37. The predicted molar refractivity (Wildman–Crippen MR) is 125 cm³/mol. The first-order valence-electron chi connectivity index (χ1n) is 10.7. The molecule has 31 heavy (non-hydrogen) atoms. The van der Waals surface area contributed by atoms with Crippen molar-refractivity contribution in [3.05, 3.63) is 45.8 Å². The molecule has 6 nitrogen and oxygen atoms in total. The van der Waals surface area contributed by atoms with Crippen molar-refractivity contribution < 1.29 is 19.1 Å². The fourth-order valence-electron chi connectivity index (χ4n) is 3.62. The highest BCUT2D eigenvalue weighted by atomic mass is 32.2. The quantitative estimate of drug-likeness (QED) is 0.438. The summed E-state index contributed by atoms with van der Waals surface area (Å²) in [7, 11) is 0. The van der Waals surface area contributed by atoms with E-state index in [1.54, 1.807) is 18.7 Å². The fraction of sp³-hybridized carbons (Fsp3) is 0.435. The minimum Gasteiger partial charge on any atom is -0.450 e. The van der Waals surface area contributed by atoms with Crippen LogP contribution in [0.15, 0.2) is 29.2 Å². The number of thiophene rings is 1. The minimum absolute atomic E-state index is 0.181. The molecule has 0 radical (unpaired) electrons. The fourth-order valence-corrected chi connectivity index (χ4v) is 5.58. The van der Waals surface area contributed by atoms with Crippen LogP contribution in [0.4, 0.5) is 9.80 Å². The lowest BCUT2D eigenvalue weighted by Gasteiger charge is -2.10. The van der Waals surface area contributed by atoms with Crippen molar-refractivity contribution >= 4 is 46.0 Å².